The molecule has 0 aliphatic heterocycles. The number of ether oxygens (including phenoxy) is 1. The molecule has 1 N–H and O–H groups in total. The molecule has 23 heavy (non-hydrogen) atoms. The van der Waals surface area contributed by atoms with E-state index in [4.69, 9.17) is 4.74 Å². The van der Waals surface area contributed by atoms with Gasteiger partial charge in [0, 0.05) is 18.3 Å². The van der Waals surface area contributed by atoms with Crippen molar-refractivity contribution in [1.82, 2.24) is 19.9 Å². The topological polar surface area (TPSA) is 68.5 Å². The van der Waals surface area contributed by atoms with Crippen LogP contribution in [0.1, 0.15) is 21.7 Å². The minimum absolute atomic E-state index is 0.115. The van der Waals surface area contributed by atoms with Crippen LogP contribution in [-0.2, 0) is 6.42 Å². The first-order chi connectivity index (χ1) is 11.2. The Morgan fingerprint density at radius 2 is 2.13 bits per heavy atom. The molecular formula is C17H18N4O2. The Morgan fingerprint density at radius 1 is 1.26 bits per heavy atom. The number of nitrogens with zero attached hydrogens (tertiary/aromatic N) is 3. The first-order valence-electron chi connectivity index (χ1n) is 7.40. The number of aryl methyl sites for hydroxylation is 1. The van der Waals surface area contributed by atoms with Gasteiger partial charge in [-0.3, -0.25) is 9.20 Å². The summed E-state index contributed by atoms with van der Waals surface area (Å²) in [7, 11) is 1.64. The highest BCUT2D eigenvalue weighted by Crippen LogP contribution is 2.12. The maximum Gasteiger partial charge on any atom is 0.251 e. The number of amides is 1. The minimum atomic E-state index is -0.115. The number of hydrogen-bond acceptors (Lipinski definition) is 4. The predicted molar refractivity (Wildman–Crippen MR) is 86.8 cm³/mol. The fourth-order valence-electron chi connectivity index (χ4n) is 2.40. The summed E-state index contributed by atoms with van der Waals surface area (Å²) in [6.45, 7) is 2.43. The van der Waals surface area contributed by atoms with Crippen LogP contribution >= 0.6 is 0 Å². The zero-order chi connectivity index (χ0) is 16.2. The maximum absolute atomic E-state index is 12.2. The molecular weight excluding hydrogens is 292 g/mol. The number of carbonyl (C=O) groups excluding carboxylic acids is 1. The number of carbonyl (C=O) groups is 1. The molecule has 2 heterocycles. The van der Waals surface area contributed by atoms with Crippen molar-refractivity contribution >= 4 is 11.6 Å². The summed E-state index contributed by atoms with van der Waals surface area (Å²) in [5.74, 6) is 1.50. The smallest absolute Gasteiger partial charge is 0.251 e. The van der Waals surface area contributed by atoms with Crippen molar-refractivity contribution in [3.63, 3.8) is 0 Å². The van der Waals surface area contributed by atoms with Gasteiger partial charge in [-0.15, -0.1) is 10.2 Å². The Bertz CT molecular complexity index is 841. The summed E-state index contributed by atoms with van der Waals surface area (Å²) in [4.78, 5) is 12.2. The minimum Gasteiger partial charge on any atom is -0.497 e. The van der Waals surface area contributed by atoms with E-state index in [0.29, 0.717) is 17.8 Å². The second-order valence-corrected chi connectivity index (χ2v) is 5.25. The van der Waals surface area contributed by atoms with E-state index >= 15 is 0 Å². The quantitative estimate of drug-likeness (QED) is 0.783. The molecule has 0 aliphatic rings. The lowest BCUT2D eigenvalue weighted by Crippen LogP contribution is -2.25. The normalized spacial score (nSPS) is 10.7. The van der Waals surface area contributed by atoms with Crippen LogP contribution < -0.4 is 10.1 Å². The average molecular weight is 310 g/mol. The molecule has 0 radical (unpaired) electrons. The zero-order valence-electron chi connectivity index (χ0n) is 13.1. The van der Waals surface area contributed by atoms with Crippen LogP contribution in [0.15, 0.2) is 42.6 Å². The Hall–Kier alpha value is -2.89. The molecule has 0 atom stereocenters. The molecule has 1 aromatic carbocycles. The van der Waals surface area contributed by atoms with Gasteiger partial charge in [-0.05, 0) is 43.2 Å². The summed E-state index contributed by atoms with van der Waals surface area (Å²) in [5, 5.41) is 10.9. The van der Waals surface area contributed by atoms with Gasteiger partial charge in [-0.2, -0.15) is 0 Å². The fourth-order valence-corrected chi connectivity index (χ4v) is 2.40. The van der Waals surface area contributed by atoms with Crippen molar-refractivity contribution in [2.45, 2.75) is 13.3 Å². The maximum atomic E-state index is 12.2. The van der Waals surface area contributed by atoms with Gasteiger partial charge < -0.3 is 10.1 Å². The second-order valence-electron chi connectivity index (χ2n) is 5.25. The summed E-state index contributed by atoms with van der Waals surface area (Å²) < 4.78 is 7.03. The van der Waals surface area contributed by atoms with Gasteiger partial charge in [0.25, 0.3) is 5.91 Å². The van der Waals surface area contributed by atoms with Crippen LogP contribution in [0.2, 0.25) is 0 Å². The zero-order valence-corrected chi connectivity index (χ0v) is 13.1. The van der Waals surface area contributed by atoms with Gasteiger partial charge in [-0.25, -0.2) is 0 Å². The van der Waals surface area contributed by atoms with Gasteiger partial charge in [0.2, 0.25) is 0 Å². The van der Waals surface area contributed by atoms with Crippen molar-refractivity contribution in [3.8, 4) is 5.75 Å². The summed E-state index contributed by atoms with van der Waals surface area (Å²) in [6.07, 6.45) is 2.55. The molecule has 6 heteroatoms. The van der Waals surface area contributed by atoms with Gasteiger partial charge in [-0.1, -0.05) is 12.1 Å². The molecule has 0 bridgehead atoms. The molecule has 0 spiro atoms. The number of aromatic nitrogens is 3. The number of methoxy groups -OCH3 is 1. The lowest BCUT2D eigenvalue weighted by molar-refractivity contribution is 0.0954. The first-order valence-corrected chi connectivity index (χ1v) is 7.40. The highest BCUT2D eigenvalue weighted by molar-refractivity contribution is 5.95. The van der Waals surface area contributed by atoms with Crippen molar-refractivity contribution in [1.29, 1.82) is 0 Å². The third-order valence-corrected chi connectivity index (χ3v) is 3.68. The van der Waals surface area contributed by atoms with Gasteiger partial charge in [0.15, 0.2) is 5.65 Å². The van der Waals surface area contributed by atoms with Crippen LogP contribution in [0.5, 0.6) is 5.75 Å². The Labute approximate surface area is 134 Å². The van der Waals surface area contributed by atoms with E-state index in [2.05, 4.69) is 15.5 Å². The third-order valence-electron chi connectivity index (χ3n) is 3.68. The van der Waals surface area contributed by atoms with E-state index in [1.807, 2.05) is 41.8 Å². The lowest BCUT2D eigenvalue weighted by atomic mass is 10.1. The molecule has 2 aromatic heterocycles. The molecule has 1 amide bonds. The van der Waals surface area contributed by atoms with Crippen molar-refractivity contribution in [3.05, 3.63) is 59.5 Å². The van der Waals surface area contributed by atoms with Gasteiger partial charge >= 0.3 is 0 Å². The van der Waals surface area contributed by atoms with E-state index in [-0.39, 0.29) is 5.91 Å². The van der Waals surface area contributed by atoms with Crippen LogP contribution in [0.25, 0.3) is 5.65 Å². The largest absolute Gasteiger partial charge is 0.497 e. The van der Waals surface area contributed by atoms with Gasteiger partial charge in [0.05, 0.1) is 7.11 Å². The van der Waals surface area contributed by atoms with Crippen LogP contribution in [-0.4, -0.2) is 34.2 Å². The van der Waals surface area contributed by atoms with Gasteiger partial charge in [0.1, 0.15) is 11.6 Å². The highest BCUT2D eigenvalue weighted by atomic mass is 16.5. The number of fused-ring (bicyclic) bond motifs is 1. The standard InChI is InChI=1S/C17H18N4O2/c1-12-19-20-16-11-14(7-9-21(12)16)17(22)18-8-6-13-4-3-5-15(10-13)23-2/h3-5,7,9-11H,6,8H2,1-2H3,(H,18,22). The number of hydrogen-bond donors (Lipinski definition) is 1. The van der Waals surface area contributed by atoms with Crippen LogP contribution in [0, 0.1) is 6.92 Å². The number of nitrogens with one attached hydrogen (secondary N) is 1. The van der Waals surface area contributed by atoms with Crippen molar-refractivity contribution in [2.24, 2.45) is 0 Å². The Balaban J connectivity index is 1.61. The summed E-state index contributed by atoms with van der Waals surface area (Å²) in [5.41, 5.74) is 2.37. The van der Waals surface area contributed by atoms with E-state index in [0.717, 1.165) is 23.6 Å². The predicted octanol–water partition coefficient (Wildman–Crippen LogP) is 2.02. The fraction of sp³-hybridized carbons (Fsp3) is 0.235. The Morgan fingerprint density at radius 3 is 2.96 bits per heavy atom. The van der Waals surface area contributed by atoms with Crippen LogP contribution in [0.4, 0.5) is 0 Å². The molecule has 0 unspecified atom stereocenters. The van der Waals surface area contributed by atoms with Crippen molar-refractivity contribution in [2.75, 3.05) is 13.7 Å². The molecule has 118 valence electrons. The molecule has 0 aliphatic carbocycles. The molecule has 3 aromatic rings. The number of benzene rings is 1. The highest BCUT2D eigenvalue weighted by Gasteiger charge is 2.08. The Kier molecular flexibility index (Phi) is 4.23. The van der Waals surface area contributed by atoms with E-state index in [1.165, 1.54) is 0 Å². The lowest BCUT2D eigenvalue weighted by Gasteiger charge is -2.07. The average Bonchev–Trinajstić information content (AvgIpc) is 2.95. The van der Waals surface area contributed by atoms with Crippen molar-refractivity contribution < 1.29 is 9.53 Å². The summed E-state index contributed by atoms with van der Waals surface area (Å²) in [6, 6.07) is 11.3. The number of pyridine rings is 1. The molecule has 0 saturated carbocycles. The molecule has 6 nitrogen and oxygen atoms in total. The second kappa shape index (κ2) is 6.48. The molecule has 0 saturated heterocycles. The van der Waals surface area contributed by atoms with E-state index in [9.17, 15) is 4.79 Å². The van der Waals surface area contributed by atoms with E-state index in [1.54, 1.807) is 19.2 Å². The van der Waals surface area contributed by atoms with Crippen LogP contribution in [0.3, 0.4) is 0 Å². The summed E-state index contributed by atoms with van der Waals surface area (Å²) >= 11 is 0. The molecule has 3 rings (SSSR count). The monoisotopic (exact) mass is 310 g/mol. The number of rotatable bonds is 5. The van der Waals surface area contributed by atoms with E-state index < -0.39 is 0 Å². The molecule has 0 fully saturated rings. The third kappa shape index (κ3) is 3.31. The first kappa shape index (κ1) is 15.0. The SMILES string of the molecule is COc1cccc(CCNC(=O)c2ccn3c(C)nnc3c2)c1.